The van der Waals surface area contributed by atoms with Crippen LogP contribution in [0, 0.1) is 6.92 Å². The van der Waals surface area contributed by atoms with Gasteiger partial charge in [0, 0.05) is 29.8 Å². The highest BCUT2D eigenvalue weighted by Gasteiger charge is 2.31. The van der Waals surface area contributed by atoms with Crippen molar-refractivity contribution in [1.82, 2.24) is 4.90 Å². The average molecular weight is 561 g/mol. The summed E-state index contributed by atoms with van der Waals surface area (Å²) in [5.41, 5.74) is 4.02. The van der Waals surface area contributed by atoms with Crippen molar-refractivity contribution in [3.63, 3.8) is 0 Å². The lowest BCUT2D eigenvalue weighted by molar-refractivity contribution is 0.190. The first kappa shape index (κ1) is 27.3. The molecule has 0 saturated carbocycles. The summed E-state index contributed by atoms with van der Waals surface area (Å²) in [5, 5.41) is 4.82. The number of thiocarbonyl (C=S) groups is 1. The monoisotopic (exact) mass is 560 g/mol. The number of methoxy groups -OCH3 is 2. The zero-order valence-corrected chi connectivity index (χ0v) is 23.8. The van der Waals surface area contributed by atoms with Crippen LogP contribution in [-0.4, -0.2) is 44.0 Å². The molecule has 0 unspecified atom stereocenters. The van der Waals surface area contributed by atoms with Crippen LogP contribution in [0.25, 0.3) is 11.0 Å². The summed E-state index contributed by atoms with van der Waals surface area (Å²) in [5.74, 6) is 2.73. The lowest BCUT2D eigenvalue weighted by Gasteiger charge is -2.39. The number of hydrogen-bond acceptors (Lipinski definition) is 7. The van der Waals surface area contributed by atoms with E-state index in [4.69, 9.17) is 35.6 Å². The third-order valence-electron chi connectivity index (χ3n) is 7.01. The lowest BCUT2D eigenvalue weighted by Crippen LogP contribution is -2.44. The maximum absolute atomic E-state index is 11.9. The molecule has 0 radical (unpaired) electrons. The largest absolute Gasteiger partial charge is 0.494 e. The molecule has 1 aromatic heterocycles. The number of nitrogens with zero attached hydrogens (tertiary/aromatic N) is 1. The molecule has 9 heteroatoms. The Morgan fingerprint density at radius 3 is 2.45 bits per heavy atom. The Morgan fingerprint density at radius 2 is 1.73 bits per heavy atom. The predicted molar refractivity (Wildman–Crippen MR) is 159 cm³/mol. The van der Waals surface area contributed by atoms with E-state index in [-0.39, 0.29) is 11.7 Å². The van der Waals surface area contributed by atoms with Gasteiger partial charge in [0.25, 0.3) is 0 Å². The molecule has 0 saturated heterocycles. The Labute approximate surface area is 238 Å². The smallest absolute Gasteiger partial charge is 0.336 e. The summed E-state index contributed by atoms with van der Waals surface area (Å²) in [6, 6.07) is 18.5. The fourth-order valence-corrected chi connectivity index (χ4v) is 5.35. The third-order valence-corrected chi connectivity index (χ3v) is 7.35. The molecule has 3 aromatic carbocycles. The van der Waals surface area contributed by atoms with Gasteiger partial charge in [-0.1, -0.05) is 0 Å². The van der Waals surface area contributed by atoms with Gasteiger partial charge in [0.15, 0.2) is 16.6 Å². The zero-order chi connectivity index (χ0) is 28.2. The molecule has 208 valence electrons. The minimum atomic E-state index is -0.388. The van der Waals surface area contributed by atoms with Crippen LogP contribution in [0.5, 0.6) is 23.0 Å². The number of rotatable bonds is 8. The van der Waals surface area contributed by atoms with E-state index < -0.39 is 0 Å². The van der Waals surface area contributed by atoms with Gasteiger partial charge in [0.2, 0.25) is 0 Å². The summed E-state index contributed by atoms with van der Waals surface area (Å²) < 4.78 is 28.5. The minimum absolute atomic E-state index is 0.216. The molecule has 5 rings (SSSR count). The normalized spacial score (nSPS) is 14.4. The van der Waals surface area contributed by atoms with E-state index in [1.165, 1.54) is 6.07 Å². The molecule has 2 heterocycles. The van der Waals surface area contributed by atoms with E-state index in [0.717, 1.165) is 39.9 Å². The van der Waals surface area contributed by atoms with Crippen molar-refractivity contribution in [2.45, 2.75) is 26.3 Å². The number of benzene rings is 3. The maximum atomic E-state index is 11.9. The van der Waals surface area contributed by atoms with Crippen molar-refractivity contribution in [1.29, 1.82) is 0 Å². The first-order chi connectivity index (χ1) is 19.4. The molecule has 1 atom stereocenters. The highest BCUT2D eigenvalue weighted by atomic mass is 32.1. The van der Waals surface area contributed by atoms with Crippen molar-refractivity contribution < 1.29 is 23.4 Å². The summed E-state index contributed by atoms with van der Waals surface area (Å²) >= 11 is 5.90. The molecular formula is C31H32N2O6S. The molecule has 0 bridgehead atoms. The van der Waals surface area contributed by atoms with E-state index in [1.807, 2.05) is 62.4 Å². The number of ether oxygens (including phenoxy) is 4. The molecule has 8 nitrogen and oxygen atoms in total. The number of anilines is 1. The number of hydrogen-bond donors (Lipinski definition) is 1. The summed E-state index contributed by atoms with van der Waals surface area (Å²) in [6.45, 7) is 5.44. The van der Waals surface area contributed by atoms with Gasteiger partial charge in [-0.15, -0.1) is 0 Å². The summed E-state index contributed by atoms with van der Waals surface area (Å²) in [4.78, 5) is 14.1. The highest BCUT2D eigenvalue weighted by Crippen LogP contribution is 2.39. The van der Waals surface area contributed by atoms with E-state index in [1.54, 1.807) is 20.3 Å². The predicted octanol–water partition coefficient (Wildman–Crippen LogP) is 5.89. The van der Waals surface area contributed by atoms with Gasteiger partial charge in [-0.25, -0.2) is 4.79 Å². The van der Waals surface area contributed by atoms with Crippen LogP contribution in [0.4, 0.5) is 5.69 Å². The second kappa shape index (κ2) is 11.9. The van der Waals surface area contributed by atoms with E-state index >= 15 is 0 Å². The van der Waals surface area contributed by atoms with E-state index in [9.17, 15) is 4.79 Å². The minimum Gasteiger partial charge on any atom is -0.494 e. The second-order valence-corrected chi connectivity index (χ2v) is 9.86. The molecule has 1 N–H and O–H groups in total. The second-order valence-electron chi connectivity index (χ2n) is 9.47. The molecule has 0 amide bonds. The van der Waals surface area contributed by atoms with E-state index in [0.29, 0.717) is 47.7 Å². The molecule has 1 aliphatic rings. The number of fused-ring (bicyclic) bond motifs is 2. The number of nitrogens with one attached hydrogen (secondary N) is 1. The molecule has 40 heavy (non-hydrogen) atoms. The highest BCUT2D eigenvalue weighted by molar-refractivity contribution is 7.80. The van der Waals surface area contributed by atoms with Crippen LogP contribution < -0.4 is 29.9 Å². The van der Waals surface area contributed by atoms with Gasteiger partial charge >= 0.3 is 5.63 Å². The van der Waals surface area contributed by atoms with Crippen LogP contribution in [0.2, 0.25) is 0 Å². The Hall–Kier alpha value is -4.24. The van der Waals surface area contributed by atoms with Crippen molar-refractivity contribution in [3.8, 4) is 23.0 Å². The molecular weight excluding hydrogens is 528 g/mol. The molecule has 0 aliphatic carbocycles. The SMILES string of the molecule is CCOc1ccc(NC(=S)N2CCc3cc(OC)c(OC)cc3[C@H]2COc2ccc3c(C)cc(=O)oc3c2)cc1. The molecule has 4 aromatic rings. The summed E-state index contributed by atoms with van der Waals surface area (Å²) in [6.07, 6.45) is 0.775. The number of aryl methyl sites for hydroxylation is 1. The van der Waals surface area contributed by atoms with E-state index in [2.05, 4.69) is 10.2 Å². The van der Waals surface area contributed by atoms with Crippen molar-refractivity contribution >= 4 is 34.0 Å². The van der Waals surface area contributed by atoms with Gasteiger partial charge in [-0.3, -0.25) is 0 Å². The Kier molecular flexibility index (Phi) is 8.11. The average Bonchev–Trinajstić information content (AvgIpc) is 2.95. The fourth-order valence-electron chi connectivity index (χ4n) is 5.02. The zero-order valence-electron chi connectivity index (χ0n) is 23.0. The lowest BCUT2D eigenvalue weighted by atomic mass is 9.92. The van der Waals surface area contributed by atoms with Gasteiger partial charge in [-0.2, -0.15) is 0 Å². The topological polar surface area (TPSA) is 82.4 Å². The van der Waals surface area contributed by atoms with Gasteiger partial charge < -0.3 is 33.6 Å². The first-order valence-corrected chi connectivity index (χ1v) is 13.5. The van der Waals surface area contributed by atoms with Crippen molar-refractivity contribution in [3.05, 3.63) is 87.8 Å². The molecule has 0 spiro atoms. The maximum Gasteiger partial charge on any atom is 0.336 e. The molecule has 1 aliphatic heterocycles. The summed E-state index contributed by atoms with van der Waals surface area (Å²) in [7, 11) is 3.26. The van der Waals surface area contributed by atoms with Crippen molar-refractivity contribution in [2.75, 3.05) is 39.3 Å². The Morgan fingerprint density at radius 1 is 1.00 bits per heavy atom. The fraction of sp³-hybridized carbons (Fsp3) is 0.290. The van der Waals surface area contributed by atoms with Crippen LogP contribution >= 0.6 is 12.2 Å². The standard InChI is InChI=1S/C31H32N2O6S/c1-5-37-22-8-6-21(7-9-22)32-31(40)33-13-12-20-15-28(35-3)29(36-4)17-25(20)26(33)18-38-23-10-11-24-19(2)14-30(34)39-27(24)16-23/h6-11,14-17,26H,5,12-13,18H2,1-4H3,(H,32,40)/t26-/m1/s1. The Bertz CT molecular complexity index is 1580. The van der Waals surface area contributed by atoms with Crippen molar-refractivity contribution in [2.24, 2.45) is 0 Å². The van der Waals surface area contributed by atoms with Gasteiger partial charge in [-0.05, 0) is 97.7 Å². The van der Waals surface area contributed by atoms with Crippen LogP contribution in [0.15, 0.2) is 69.9 Å². The van der Waals surface area contributed by atoms with Gasteiger partial charge in [0.05, 0.1) is 26.9 Å². The van der Waals surface area contributed by atoms with Crippen LogP contribution in [-0.2, 0) is 6.42 Å². The van der Waals surface area contributed by atoms with Crippen LogP contribution in [0.3, 0.4) is 0 Å². The quantitative estimate of drug-likeness (QED) is 0.209. The van der Waals surface area contributed by atoms with Crippen LogP contribution in [0.1, 0.15) is 29.7 Å². The third kappa shape index (κ3) is 5.70. The van der Waals surface area contributed by atoms with Gasteiger partial charge in [0.1, 0.15) is 23.7 Å². The first-order valence-electron chi connectivity index (χ1n) is 13.1. The Balaban J connectivity index is 1.44. The molecule has 0 fully saturated rings.